The molecule has 2 rings (SSSR count). The van der Waals surface area contributed by atoms with Gasteiger partial charge in [0.25, 0.3) is 0 Å². The van der Waals surface area contributed by atoms with Gasteiger partial charge in [-0.1, -0.05) is 6.92 Å². The maximum atomic E-state index is 12.3. The van der Waals surface area contributed by atoms with Gasteiger partial charge in [0.1, 0.15) is 0 Å². The normalized spacial score (nSPS) is 25.2. The third kappa shape index (κ3) is 4.27. The molecule has 1 aromatic heterocycles. The number of aliphatic hydroxyl groups is 1. The van der Waals surface area contributed by atoms with E-state index in [0.717, 1.165) is 12.0 Å². The maximum Gasteiger partial charge on any atom is 0.222 e. The summed E-state index contributed by atoms with van der Waals surface area (Å²) in [4.78, 5) is 18.2. The molecule has 5 heteroatoms. The van der Waals surface area contributed by atoms with Crippen LogP contribution in [0.3, 0.4) is 0 Å². The van der Waals surface area contributed by atoms with Gasteiger partial charge in [0.2, 0.25) is 5.91 Å². The van der Waals surface area contributed by atoms with Crippen molar-refractivity contribution in [1.29, 1.82) is 0 Å². The summed E-state index contributed by atoms with van der Waals surface area (Å²) < 4.78 is 5.07. The second-order valence-corrected chi connectivity index (χ2v) is 6.19. The minimum absolute atomic E-state index is 0.0706. The molecule has 1 fully saturated rings. The summed E-state index contributed by atoms with van der Waals surface area (Å²) in [6, 6.07) is 3.88. The predicted octanol–water partition coefficient (Wildman–Crippen LogP) is 1.65. The molecule has 5 nitrogen and oxygen atoms in total. The summed E-state index contributed by atoms with van der Waals surface area (Å²) in [6.07, 6.45) is 5.99. The molecule has 0 aromatic carbocycles. The van der Waals surface area contributed by atoms with Gasteiger partial charge in [-0.3, -0.25) is 9.78 Å². The first-order chi connectivity index (χ1) is 10.5. The highest BCUT2D eigenvalue weighted by molar-refractivity contribution is 5.76. The quantitative estimate of drug-likeness (QED) is 0.868. The standard InChI is InChI=1S/C17H26N2O3/c1-14-13-19(11-7-17(14,21)8-12-22-2)16(20)4-3-15-5-9-18-10-6-15/h5-6,9-10,14,21H,3-4,7-8,11-13H2,1-2H3/t14-,17-/m0/s1. The number of ether oxygens (including phenoxy) is 1. The van der Waals surface area contributed by atoms with Crippen LogP contribution in [0.1, 0.15) is 31.7 Å². The number of hydrogen-bond donors (Lipinski definition) is 1. The fourth-order valence-corrected chi connectivity index (χ4v) is 3.00. The van der Waals surface area contributed by atoms with Gasteiger partial charge in [0.15, 0.2) is 0 Å². The first kappa shape index (κ1) is 16.9. The maximum absolute atomic E-state index is 12.3. The number of aryl methyl sites for hydroxylation is 1. The molecule has 1 aromatic rings. The number of hydrogen-bond acceptors (Lipinski definition) is 4. The lowest BCUT2D eigenvalue weighted by molar-refractivity contribution is -0.140. The first-order valence-electron chi connectivity index (χ1n) is 7.93. The second-order valence-electron chi connectivity index (χ2n) is 6.19. The number of carbonyl (C=O) groups excluding carboxylic acids is 1. The van der Waals surface area contributed by atoms with E-state index in [4.69, 9.17) is 4.74 Å². The van der Waals surface area contributed by atoms with Gasteiger partial charge in [0, 0.05) is 51.5 Å². The molecule has 0 saturated carbocycles. The van der Waals surface area contributed by atoms with Crippen LogP contribution in [0.25, 0.3) is 0 Å². The van der Waals surface area contributed by atoms with Gasteiger partial charge >= 0.3 is 0 Å². The highest BCUT2D eigenvalue weighted by atomic mass is 16.5. The molecule has 0 aliphatic carbocycles. The molecule has 2 heterocycles. The number of pyridine rings is 1. The molecular formula is C17H26N2O3. The second kappa shape index (κ2) is 7.70. The lowest BCUT2D eigenvalue weighted by atomic mass is 9.80. The van der Waals surface area contributed by atoms with E-state index in [-0.39, 0.29) is 11.8 Å². The molecule has 0 radical (unpaired) electrons. The Bertz CT molecular complexity index is 480. The number of rotatable bonds is 6. The lowest BCUT2D eigenvalue weighted by Crippen LogP contribution is -2.52. The van der Waals surface area contributed by atoms with E-state index in [1.54, 1.807) is 19.5 Å². The Hall–Kier alpha value is -1.46. The lowest BCUT2D eigenvalue weighted by Gasteiger charge is -2.43. The Labute approximate surface area is 132 Å². The number of likely N-dealkylation sites (tertiary alicyclic amines) is 1. The average molecular weight is 306 g/mol. The fourth-order valence-electron chi connectivity index (χ4n) is 3.00. The average Bonchev–Trinajstić information content (AvgIpc) is 2.54. The third-order valence-corrected chi connectivity index (χ3v) is 4.69. The first-order valence-corrected chi connectivity index (χ1v) is 7.93. The van der Waals surface area contributed by atoms with Crippen LogP contribution < -0.4 is 0 Å². The van der Waals surface area contributed by atoms with Crippen molar-refractivity contribution >= 4 is 5.91 Å². The van der Waals surface area contributed by atoms with Crippen LogP contribution in [0.5, 0.6) is 0 Å². The Morgan fingerprint density at radius 2 is 2.23 bits per heavy atom. The molecular weight excluding hydrogens is 280 g/mol. The molecule has 122 valence electrons. The Morgan fingerprint density at radius 3 is 2.86 bits per heavy atom. The molecule has 1 aliphatic heterocycles. The van der Waals surface area contributed by atoms with Gasteiger partial charge in [0.05, 0.1) is 5.60 Å². The minimum atomic E-state index is -0.710. The fraction of sp³-hybridized carbons (Fsp3) is 0.647. The van der Waals surface area contributed by atoms with E-state index in [1.807, 2.05) is 24.0 Å². The Balaban J connectivity index is 1.83. The van der Waals surface area contributed by atoms with Crippen LogP contribution in [0.2, 0.25) is 0 Å². The van der Waals surface area contributed by atoms with Crippen molar-refractivity contribution < 1.29 is 14.6 Å². The largest absolute Gasteiger partial charge is 0.389 e. The van der Waals surface area contributed by atoms with Crippen molar-refractivity contribution in [2.24, 2.45) is 5.92 Å². The molecule has 1 saturated heterocycles. The van der Waals surface area contributed by atoms with Crippen molar-refractivity contribution in [3.63, 3.8) is 0 Å². The van der Waals surface area contributed by atoms with Crippen molar-refractivity contribution in [2.75, 3.05) is 26.8 Å². The van der Waals surface area contributed by atoms with Gasteiger partial charge in [-0.25, -0.2) is 0 Å². The molecule has 1 amide bonds. The van der Waals surface area contributed by atoms with Crippen LogP contribution in [0.4, 0.5) is 0 Å². The Morgan fingerprint density at radius 1 is 1.50 bits per heavy atom. The van der Waals surface area contributed by atoms with E-state index < -0.39 is 5.60 Å². The van der Waals surface area contributed by atoms with Crippen LogP contribution >= 0.6 is 0 Å². The smallest absolute Gasteiger partial charge is 0.222 e. The van der Waals surface area contributed by atoms with Crippen LogP contribution in [0, 0.1) is 5.92 Å². The summed E-state index contributed by atoms with van der Waals surface area (Å²) >= 11 is 0. The topological polar surface area (TPSA) is 62.7 Å². The van der Waals surface area contributed by atoms with E-state index >= 15 is 0 Å². The molecule has 0 unspecified atom stereocenters. The highest BCUT2D eigenvalue weighted by Gasteiger charge is 2.39. The summed E-state index contributed by atoms with van der Waals surface area (Å²) in [5, 5.41) is 10.7. The van der Waals surface area contributed by atoms with Crippen molar-refractivity contribution in [3.8, 4) is 0 Å². The summed E-state index contributed by atoms with van der Waals surface area (Å²) in [6.45, 7) is 3.81. The number of carbonyl (C=O) groups is 1. The van der Waals surface area contributed by atoms with E-state index in [9.17, 15) is 9.90 Å². The van der Waals surface area contributed by atoms with Crippen LogP contribution in [-0.4, -0.2) is 53.3 Å². The zero-order valence-electron chi connectivity index (χ0n) is 13.5. The zero-order valence-corrected chi connectivity index (χ0v) is 13.5. The molecule has 22 heavy (non-hydrogen) atoms. The van der Waals surface area contributed by atoms with E-state index in [0.29, 0.717) is 39.0 Å². The molecule has 2 atom stereocenters. The number of aromatic nitrogens is 1. The van der Waals surface area contributed by atoms with Crippen LogP contribution in [0.15, 0.2) is 24.5 Å². The van der Waals surface area contributed by atoms with Crippen LogP contribution in [-0.2, 0) is 16.0 Å². The van der Waals surface area contributed by atoms with Crippen molar-refractivity contribution in [1.82, 2.24) is 9.88 Å². The molecule has 1 aliphatic rings. The highest BCUT2D eigenvalue weighted by Crippen LogP contribution is 2.31. The number of methoxy groups -OCH3 is 1. The molecule has 0 spiro atoms. The Kier molecular flexibility index (Phi) is 5.91. The molecule has 0 bridgehead atoms. The third-order valence-electron chi connectivity index (χ3n) is 4.69. The van der Waals surface area contributed by atoms with Crippen molar-refractivity contribution in [3.05, 3.63) is 30.1 Å². The molecule has 1 N–H and O–H groups in total. The SMILES string of the molecule is COCC[C@@]1(O)CCN(C(=O)CCc2ccncc2)C[C@@H]1C. The number of nitrogens with zero attached hydrogens (tertiary/aromatic N) is 2. The zero-order chi connectivity index (χ0) is 16.0. The minimum Gasteiger partial charge on any atom is -0.389 e. The van der Waals surface area contributed by atoms with Gasteiger partial charge in [-0.2, -0.15) is 0 Å². The monoisotopic (exact) mass is 306 g/mol. The van der Waals surface area contributed by atoms with E-state index in [1.165, 1.54) is 0 Å². The van der Waals surface area contributed by atoms with E-state index in [2.05, 4.69) is 4.98 Å². The predicted molar refractivity (Wildman–Crippen MR) is 84.4 cm³/mol. The van der Waals surface area contributed by atoms with Gasteiger partial charge < -0.3 is 14.7 Å². The summed E-state index contributed by atoms with van der Waals surface area (Å²) in [5.74, 6) is 0.235. The van der Waals surface area contributed by atoms with Crippen molar-refractivity contribution in [2.45, 2.75) is 38.2 Å². The summed E-state index contributed by atoms with van der Waals surface area (Å²) in [5.41, 5.74) is 0.419. The number of amides is 1. The summed E-state index contributed by atoms with van der Waals surface area (Å²) in [7, 11) is 1.64. The number of piperidine rings is 1. The van der Waals surface area contributed by atoms with Gasteiger partial charge in [-0.15, -0.1) is 0 Å². The van der Waals surface area contributed by atoms with Gasteiger partial charge in [-0.05, 0) is 37.0 Å².